The van der Waals surface area contributed by atoms with Crippen molar-refractivity contribution in [3.05, 3.63) is 16.6 Å². The first kappa shape index (κ1) is 11.7. The third-order valence-electron chi connectivity index (χ3n) is 2.33. The molecule has 1 aromatic rings. The first-order chi connectivity index (χ1) is 6.26. The zero-order valence-electron chi connectivity index (χ0n) is 7.59. The average Bonchev–Trinajstić information content (AvgIpc) is 2.67. The largest absolute Gasteiger partial charge is 0.250 e. The summed E-state index contributed by atoms with van der Waals surface area (Å²) in [6, 6.07) is 0. The van der Waals surface area contributed by atoms with Crippen LogP contribution in [0.2, 0.25) is 0 Å². The van der Waals surface area contributed by atoms with Crippen LogP contribution in [-0.4, -0.2) is 15.6 Å². The fourth-order valence-electron chi connectivity index (χ4n) is 1.11. The second-order valence-corrected chi connectivity index (χ2v) is 5.32. The van der Waals surface area contributed by atoms with Crippen LogP contribution in [-0.2, 0) is 6.42 Å². The maximum atomic E-state index is 4.32. The topological polar surface area (TPSA) is 12.9 Å². The lowest BCUT2D eigenvalue weighted by molar-refractivity contribution is 0.373. The van der Waals surface area contributed by atoms with E-state index in [1.54, 1.807) is 11.3 Å². The highest BCUT2D eigenvalue weighted by Gasteiger charge is 2.26. The molecule has 4 heteroatoms. The minimum absolute atomic E-state index is 0.331. The lowest BCUT2D eigenvalue weighted by atomic mass is 9.87. The molecule has 74 valence electrons. The van der Waals surface area contributed by atoms with Crippen LogP contribution in [0.3, 0.4) is 0 Å². The SMILES string of the molecule is CCC(CBr)(CBr)Cc1nccs1. The summed E-state index contributed by atoms with van der Waals surface area (Å²) in [5.41, 5.74) is 0.331. The number of nitrogens with zero attached hydrogens (tertiary/aromatic N) is 1. The molecule has 0 aliphatic rings. The van der Waals surface area contributed by atoms with Crippen LogP contribution in [0, 0.1) is 5.41 Å². The third kappa shape index (κ3) is 3.03. The predicted octanol–water partition coefficient (Wildman–Crippen LogP) is 3.87. The van der Waals surface area contributed by atoms with Crippen molar-refractivity contribution in [1.82, 2.24) is 4.98 Å². The van der Waals surface area contributed by atoms with Gasteiger partial charge in [-0.2, -0.15) is 0 Å². The van der Waals surface area contributed by atoms with Crippen LogP contribution in [0.15, 0.2) is 11.6 Å². The second kappa shape index (κ2) is 5.47. The molecule has 1 nitrogen and oxygen atoms in total. The van der Waals surface area contributed by atoms with E-state index >= 15 is 0 Å². The fourth-order valence-corrected chi connectivity index (χ4v) is 4.01. The number of hydrogen-bond acceptors (Lipinski definition) is 2. The fraction of sp³-hybridized carbons (Fsp3) is 0.667. The summed E-state index contributed by atoms with van der Waals surface area (Å²) >= 11 is 8.92. The molecular formula is C9H13Br2NS. The summed E-state index contributed by atoms with van der Waals surface area (Å²) < 4.78 is 0. The summed E-state index contributed by atoms with van der Waals surface area (Å²) in [6.07, 6.45) is 4.11. The normalized spacial score (nSPS) is 11.9. The van der Waals surface area contributed by atoms with Crippen molar-refractivity contribution in [1.29, 1.82) is 0 Å². The van der Waals surface area contributed by atoms with Crippen molar-refractivity contribution in [3.63, 3.8) is 0 Å². The highest BCUT2D eigenvalue weighted by Crippen LogP contribution is 2.32. The van der Waals surface area contributed by atoms with E-state index < -0.39 is 0 Å². The quantitative estimate of drug-likeness (QED) is 0.748. The van der Waals surface area contributed by atoms with E-state index in [0.29, 0.717) is 5.41 Å². The van der Waals surface area contributed by atoms with Crippen LogP contribution < -0.4 is 0 Å². The lowest BCUT2D eigenvalue weighted by Gasteiger charge is -2.27. The van der Waals surface area contributed by atoms with Gasteiger partial charge in [-0.1, -0.05) is 38.8 Å². The molecule has 1 rings (SSSR count). The van der Waals surface area contributed by atoms with Gasteiger partial charge in [0.05, 0.1) is 5.01 Å². The van der Waals surface area contributed by atoms with Gasteiger partial charge >= 0.3 is 0 Å². The Kier molecular flexibility index (Phi) is 4.90. The molecule has 0 unspecified atom stereocenters. The average molecular weight is 327 g/mol. The van der Waals surface area contributed by atoms with Gasteiger partial charge in [0.25, 0.3) is 0 Å². The van der Waals surface area contributed by atoms with E-state index in [-0.39, 0.29) is 0 Å². The number of thiazole rings is 1. The van der Waals surface area contributed by atoms with Crippen molar-refractivity contribution in [3.8, 4) is 0 Å². The summed E-state index contributed by atoms with van der Waals surface area (Å²) in [6.45, 7) is 2.23. The molecule has 0 saturated carbocycles. The molecule has 0 atom stereocenters. The van der Waals surface area contributed by atoms with E-state index in [9.17, 15) is 0 Å². The van der Waals surface area contributed by atoms with Crippen molar-refractivity contribution < 1.29 is 0 Å². The highest BCUT2D eigenvalue weighted by atomic mass is 79.9. The molecule has 0 saturated heterocycles. The van der Waals surface area contributed by atoms with E-state index in [1.807, 2.05) is 11.6 Å². The summed E-state index contributed by atoms with van der Waals surface area (Å²) in [4.78, 5) is 4.32. The zero-order valence-corrected chi connectivity index (χ0v) is 11.6. The first-order valence-electron chi connectivity index (χ1n) is 4.26. The predicted molar refractivity (Wildman–Crippen MR) is 66.1 cm³/mol. The van der Waals surface area contributed by atoms with E-state index in [1.165, 1.54) is 11.4 Å². The molecule has 1 heterocycles. The maximum Gasteiger partial charge on any atom is 0.0930 e. The van der Waals surface area contributed by atoms with Crippen LogP contribution in [0.4, 0.5) is 0 Å². The van der Waals surface area contributed by atoms with Gasteiger partial charge in [-0.25, -0.2) is 4.98 Å². The number of halogens is 2. The second-order valence-electron chi connectivity index (χ2n) is 3.22. The molecule has 0 bridgehead atoms. The van der Waals surface area contributed by atoms with Gasteiger partial charge in [-0.05, 0) is 11.8 Å². The van der Waals surface area contributed by atoms with Crippen molar-refractivity contribution >= 4 is 43.2 Å². The van der Waals surface area contributed by atoms with Gasteiger partial charge in [0.15, 0.2) is 0 Å². The Hall–Kier alpha value is 0.590. The van der Waals surface area contributed by atoms with Gasteiger partial charge in [-0.15, -0.1) is 11.3 Å². The van der Waals surface area contributed by atoms with Gasteiger partial charge in [-0.3, -0.25) is 0 Å². The number of aromatic nitrogens is 1. The Morgan fingerprint density at radius 1 is 1.46 bits per heavy atom. The molecule has 0 aliphatic carbocycles. The standard InChI is InChI=1S/C9H13Br2NS/c1-2-9(6-10,7-11)5-8-12-3-4-13-8/h3-4H,2,5-7H2,1H3. The molecule has 0 amide bonds. The van der Waals surface area contributed by atoms with Gasteiger partial charge in [0, 0.05) is 28.7 Å². The molecule has 0 N–H and O–H groups in total. The minimum atomic E-state index is 0.331. The van der Waals surface area contributed by atoms with E-state index in [2.05, 4.69) is 43.8 Å². The Bertz CT molecular complexity index is 224. The van der Waals surface area contributed by atoms with Gasteiger partial charge in [0.2, 0.25) is 0 Å². The Morgan fingerprint density at radius 3 is 2.54 bits per heavy atom. The molecular weight excluding hydrogens is 314 g/mol. The summed E-state index contributed by atoms with van der Waals surface area (Å²) in [5.74, 6) is 0. The zero-order chi connectivity index (χ0) is 9.73. The van der Waals surface area contributed by atoms with Crippen molar-refractivity contribution in [2.75, 3.05) is 10.7 Å². The molecule has 13 heavy (non-hydrogen) atoms. The molecule has 0 aliphatic heterocycles. The Labute approximate surface area is 100 Å². The number of alkyl halides is 2. The summed E-state index contributed by atoms with van der Waals surface area (Å²) in [5, 5.41) is 5.33. The van der Waals surface area contributed by atoms with Crippen LogP contribution >= 0.6 is 43.2 Å². The Balaban J connectivity index is 2.67. The van der Waals surface area contributed by atoms with Crippen molar-refractivity contribution in [2.24, 2.45) is 5.41 Å². The molecule has 0 radical (unpaired) electrons. The van der Waals surface area contributed by atoms with Crippen LogP contribution in [0.1, 0.15) is 18.4 Å². The minimum Gasteiger partial charge on any atom is -0.250 e. The van der Waals surface area contributed by atoms with Crippen LogP contribution in [0.5, 0.6) is 0 Å². The monoisotopic (exact) mass is 325 g/mol. The highest BCUT2D eigenvalue weighted by molar-refractivity contribution is 9.09. The van der Waals surface area contributed by atoms with E-state index in [4.69, 9.17) is 0 Å². The molecule has 0 spiro atoms. The first-order valence-corrected chi connectivity index (χ1v) is 7.39. The van der Waals surface area contributed by atoms with E-state index in [0.717, 1.165) is 17.1 Å². The van der Waals surface area contributed by atoms with Crippen LogP contribution in [0.25, 0.3) is 0 Å². The third-order valence-corrected chi connectivity index (χ3v) is 5.49. The molecule has 0 fully saturated rings. The number of hydrogen-bond donors (Lipinski definition) is 0. The molecule has 1 aromatic heterocycles. The van der Waals surface area contributed by atoms with Gasteiger partial charge < -0.3 is 0 Å². The Morgan fingerprint density at radius 2 is 2.15 bits per heavy atom. The maximum absolute atomic E-state index is 4.32. The van der Waals surface area contributed by atoms with Gasteiger partial charge in [0.1, 0.15) is 0 Å². The summed E-state index contributed by atoms with van der Waals surface area (Å²) in [7, 11) is 0. The lowest BCUT2D eigenvalue weighted by Crippen LogP contribution is -2.26. The molecule has 0 aromatic carbocycles. The smallest absolute Gasteiger partial charge is 0.0930 e. The van der Waals surface area contributed by atoms with Crippen molar-refractivity contribution in [2.45, 2.75) is 19.8 Å². The number of rotatable bonds is 5.